The van der Waals surface area contributed by atoms with Gasteiger partial charge >= 0.3 is 0 Å². The first-order valence-corrected chi connectivity index (χ1v) is 6.45. The van der Waals surface area contributed by atoms with Crippen molar-refractivity contribution in [2.75, 3.05) is 7.11 Å². The molecule has 0 aliphatic rings. The minimum absolute atomic E-state index is 0.0638. The Labute approximate surface area is 111 Å². The standard InChI is InChI=1S/C13H18BrNO2/c1-10(17-2)6-7-13(16)15-9-11-4-3-5-12(14)8-11/h3-5,8,10H,6-7,9H2,1-2H3,(H,15,16). The molecule has 4 heteroatoms. The molecule has 0 heterocycles. The van der Waals surface area contributed by atoms with Crippen LogP contribution >= 0.6 is 15.9 Å². The summed E-state index contributed by atoms with van der Waals surface area (Å²) in [5, 5.41) is 2.89. The molecular weight excluding hydrogens is 282 g/mol. The normalized spacial score (nSPS) is 12.2. The van der Waals surface area contributed by atoms with E-state index in [1.54, 1.807) is 7.11 Å². The van der Waals surface area contributed by atoms with Crippen molar-refractivity contribution in [1.82, 2.24) is 5.32 Å². The van der Waals surface area contributed by atoms with Crippen LogP contribution in [0.25, 0.3) is 0 Å². The van der Waals surface area contributed by atoms with Crippen molar-refractivity contribution in [1.29, 1.82) is 0 Å². The predicted octanol–water partition coefficient (Wildman–Crippen LogP) is 2.88. The molecule has 1 rings (SSSR count). The topological polar surface area (TPSA) is 38.3 Å². The van der Waals surface area contributed by atoms with Gasteiger partial charge in [0.15, 0.2) is 0 Å². The summed E-state index contributed by atoms with van der Waals surface area (Å²) in [7, 11) is 1.66. The van der Waals surface area contributed by atoms with Gasteiger partial charge in [-0.15, -0.1) is 0 Å². The lowest BCUT2D eigenvalue weighted by molar-refractivity contribution is -0.121. The first kappa shape index (κ1) is 14.2. The lowest BCUT2D eigenvalue weighted by Crippen LogP contribution is -2.23. The van der Waals surface area contributed by atoms with Gasteiger partial charge in [-0.2, -0.15) is 0 Å². The number of methoxy groups -OCH3 is 1. The van der Waals surface area contributed by atoms with Crippen molar-refractivity contribution < 1.29 is 9.53 Å². The van der Waals surface area contributed by atoms with Gasteiger partial charge in [-0.1, -0.05) is 28.1 Å². The number of hydrogen-bond acceptors (Lipinski definition) is 2. The molecule has 0 saturated carbocycles. The number of carbonyl (C=O) groups excluding carboxylic acids is 1. The monoisotopic (exact) mass is 299 g/mol. The lowest BCUT2D eigenvalue weighted by atomic mass is 10.2. The van der Waals surface area contributed by atoms with Crippen LogP contribution in [0.3, 0.4) is 0 Å². The van der Waals surface area contributed by atoms with Gasteiger partial charge in [0.25, 0.3) is 0 Å². The fourth-order valence-corrected chi connectivity index (χ4v) is 1.83. The summed E-state index contributed by atoms with van der Waals surface area (Å²) in [5.41, 5.74) is 1.09. The SMILES string of the molecule is COC(C)CCC(=O)NCc1cccc(Br)c1. The molecule has 0 spiro atoms. The molecular formula is C13H18BrNO2. The first-order chi connectivity index (χ1) is 8.11. The van der Waals surface area contributed by atoms with Gasteiger partial charge in [0.1, 0.15) is 0 Å². The van der Waals surface area contributed by atoms with Crippen molar-refractivity contribution in [3.63, 3.8) is 0 Å². The average molecular weight is 300 g/mol. The van der Waals surface area contributed by atoms with Crippen LogP contribution in [0.15, 0.2) is 28.7 Å². The van der Waals surface area contributed by atoms with Crippen LogP contribution in [0.5, 0.6) is 0 Å². The maximum absolute atomic E-state index is 11.5. The van der Waals surface area contributed by atoms with E-state index in [1.165, 1.54) is 0 Å². The quantitative estimate of drug-likeness (QED) is 0.877. The minimum atomic E-state index is 0.0638. The van der Waals surface area contributed by atoms with Crippen molar-refractivity contribution in [2.24, 2.45) is 0 Å². The van der Waals surface area contributed by atoms with Gasteiger partial charge in [-0.3, -0.25) is 4.79 Å². The lowest BCUT2D eigenvalue weighted by Gasteiger charge is -2.09. The highest BCUT2D eigenvalue weighted by Crippen LogP contribution is 2.11. The number of rotatable bonds is 6. The van der Waals surface area contributed by atoms with Crippen LogP contribution in [0.1, 0.15) is 25.3 Å². The van der Waals surface area contributed by atoms with Gasteiger partial charge < -0.3 is 10.1 Å². The third-order valence-corrected chi connectivity index (χ3v) is 3.05. The molecule has 0 aliphatic heterocycles. The van der Waals surface area contributed by atoms with Gasteiger partial charge in [-0.25, -0.2) is 0 Å². The summed E-state index contributed by atoms with van der Waals surface area (Å²) in [4.78, 5) is 11.5. The second-order valence-electron chi connectivity index (χ2n) is 3.99. The third kappa shape index (κ3) is 5.84. The van der Waals surface area contributed by atoms with E-state index in [0.717, 1.165) is 16.5 Å². The Kier molecular flexibility index (Phi) is 6.22. The highest BCUT2D eigenvalue weighted by atomic mass is 79.9. The van der Waals surface area contributed by atoms with Gasteiger partial charge in [0, 0.05) is 24.5 Å². The Morgan fingerprint density at radius 2 is 2.29 bits per heavy atom. The van der Waals surface area contributed by atoms with Crippen LogP contribution in [0.2, 0.25) is 0 Å². The number of carbonyl (C=O) groups is 1. The Morgan fingerprint density at radius 3 is 2.94 bits per heavy atom. The number of nitrogens with one attached hydrogen (secondary N) is 1. The number of benzene rings is 1. The molecule has 1 unspecified atom stereocenters. The van der Waals surface area contributed by atoms with E-state index in [-0.39, 0.29) is 12.0 Å². The molecule has 1 aromatic rings. The molecule has 0 radical (unpaired) electrons. The average Bonchev–Trinajstić information content (AvgIpc) is 2.33. The highest BCUT2D eigenvalue weighted by molar-refractivity contribution is 9.10. The van der Waals surface area contributed by atoms with Crippen LogP contribution in [0.4, 0.5) is 0 Å². The number of ether oxygens (including phenoxy) is 1. The fourth-order valence-electron chi connectivity index (χ4n) is 1.39. The van der Waals surface area contributed by atoms with E-state index >= 15 is 0 Å². The summed E-state index contributed by atoms with van der Waals surface area (Å²) in [6, 6.07) is 7.91. The first-order valence-electron chi connectivity index (χ1n) is 5.65. The van der Waals surface area contributed by atoms with Crippen LogP contribution in [0, 0.1) is 0 Å². The van der Waals surface area contributed by atoms with E-state index in [2.05, 4.69) is 21.2 Å². The molecule has 94 valence electrons. The second kappa shape index (κ2) is 7.45. The predicted molar refractivity (Wildman–Crippen MR) is 71.7 cm³/mol. The summed E-state index contributed by atoms with van der Waals surface area (Å²) < 4.78 is 6.12. The molecule has 17 heavy (non-hydrogen) atoms. The summed E-state index contributed by atoms with van der Waals surface area (Å²) in [6.07, 6.45) is 1.38. The van der Waals surface area contributed by atoms with Gasteiger partial charge in [0.05, 0.1) is 6.10 Å². The molecule has 1 amide bonds. The number of amides is 1. The highest BCUT2D eigenvalue weighted by Gasteiger charge is 2.05. The molecule has 3 nitrogen and oxygen atoms in total. The summed E-state index contributed by atoms with van der Waals surface area (Å²) in [6.45, 7) is 2.53. The van der Waals surface area contributed by atoms with E-state index in [0.29, 0.717) is 13.0 Å². The minimum Gasteiger partial charge on any atom is -0.382 e. The van der Waals surface area contributed by atoms with Crippen molar-refractivity contribution in [3.8, 4) is 0 Å². The molecule has 0 fully saturated rings. The zero-order valence-corrected chi connectivity index (χ0v) is 11.8. The molecule has 0 bridgehead atoms. The fraction of sp³-hybridized carbons (Fsp3) is 0.462. The van der Waals surface area contributed by atoms with Crippen molar-refractivity contribution in [2.45, 2.75) is 32.4 Å². The Bertz CT molecular complexity index is 368. The Hall–Kier alpha value is -0.870. The van der Waals surface area contributed by atoms with E-state index < -0.39 is 0 Å². The zero-order valence-electron chi connectivity index (χ0n) is 10.2. The third-order valence-electron chi connectivity index (χ3n) is 2.56. The van der Waals surface area contributed by atoms with E-state index in [4.69, 9.17) is 4.74 Å². The van der Waals surface area contributed by atoms with E-state index in [9.17, 15) is 4.79 Å². The molecule has 0 aliphatic carbocycles. The largest absolute Gasteiger partial charge is 0.382 e. The number of hydrogen-bond donors (Lipinski definition) is 1. The summed E-state index contributed by atoms with van der Waals surface area (Å²) in [5.74, 6) is 0.0638. The smallest absolute Gasteiger partial charge is 0.220 e. The Balaban J connectivity index is 2.28. The molecule has 1 N–H and O–H groups in total. The van der Waals surface area contributed by atoms with Gasteiger partial charge in [0.2, 0.25) is 5.91 Å². The molecule has 1 aromatic carbocycles. The second-order valence-corrected chi connectivity index (χ2v) is 4.91. The van der Waals surface area contributed by atoms with Crippen molar-refractivity contribution in [3.05, 3.63) is 34.3 Å². The summed E-state index contributed by atoms with van der Waals surface area (Å²) >= 11 is 3.40. The van der Waals surface area contributed by atoms with Crippen molar-refractivity contribution >= 4 is 21.8 Å². The maximum Gasteiger partial charge on any atom is 0.220 e. The van der Waals surface area contributed by atoms with E-state index in [1.807, 2.05) is 31.2 Å². The molecule has 0 aromatic heterocycles. The van der Waals surface area contributed by atoms with Crippen LogP contribution in [-0.2, 0) is 16.1 Å². The zero-order chi connectivity index (χ0) is 12.7. The number of halogens is 1. The van der Waals surface area contributed by atoms with Crippen LogP contribution in [-0.4, -0.2) is 19.1 Å². The van der Waals surface area contributed by atoms with Gasteiger partial charge in [-0.05, 0) is 31.0 Å². The molecule has 1 atom stereocenters. The maximum atomic E-state index is 11.5. The molecule has 0 saturated heterocycles. The Morgan fingerprint density at radius 1 is 1.53 bits per heavy atom. The van der Waals surface area contributed by atoms with Crippen LogP contribution < -0.4 is 5.32 Å².